The van der Waals surface area contributed by atoms with Crippen LogP contribution in [0.1, 0.15) is 51.8 Å². The van der Waals surface area contributed by atoms with E-state index in [2.05, 4.69) is 24.1 Å². The third kappa shape index (κ3) is 4.80. The molecule has 1 fully saturated rings. The van der Waals surface area contributed by atoms with Gasteiger partial charge >= 0.3 is 0 Å². The molecule has 4 nitrogen and oxygen atoms in total. The summed E-state index contributed by atoms with van der Waals surface area (Å²) < 4.78 is 5.39. The van der Waals surface area contributed by atoms with Crippen LogP contribution in [0.15, 0.2) is 24.4 Å². The van der Waals surface area contributed by atoms with Crippen LogP contribution in [0.4, 0.5) is 0 Å². The topological polar surface area (TPSA) is 51.2 Å². The van der Waals surface area contributed by atoms with Crippen LogP contribution in [-0.2, 0) is 9.53 Å². The fraction of sp³-hybridized carbons (Fsp3) is 0.667. The summed E-state index contributed by atoms with van der Waals surface area (Å²) in [7, 11) is 0. The van der Waals surface area contributed by atoms with E-state index in [1.54, 1.807) is 6.20 Å². The molecule has 0 bridgehead atoms. The number of amides is 1. The van der Waals surface area contributed by atoms with Crippen molar-refractivity contribution in [2.24, 2.45) is 17.8 Å². The molecule has 1 aromatic rings. The molecule has 22 heavy (non-hydrogen) atoms. The van der Waals surface area contributed by atoms with Gasteiger partial charge in [-0.15, -0.1) is 0 Å². The van der Waals surface area contributed by atoms with Gasteiger partial charge in [0.15, 0.2) is 0 Å². The van der Waals surface area contributed by atoms with E-state index < -0.39 is 0 Å². The van der Waals surface area contributed by atoms with Gasteiger partial charge < -0.3 is 10.1 Å². The van der Waals surface area contributed by atoms with Crippen LogP contribution in [0.25, 0.3) is 0 Å². The molecule has 1 amide bonds. The summed E-state index contributed by atoms with van der Waals surface area (Å²) in [5.41, 5.74) is 0.948. The zero-order valence-corrected chi connectivity index (χ0v) is 13.9. The number of pyridine rings is 1. The first-order chi connectivity index (χ1) is 10.6. The van der Waals surface area contributed by atoms with E-state index in [1.807, 2.05) is 25.1 Å². The largest absolute Gasteiger partial charge is 0.381 e. The zero-order chi connectivity index (χ0) is 15.9. The van der Waals surface area contributed by atoms with Crippen molar-refractivity contribution in [3.63, 3.8) is 0 Å². The summed E-state index contributed by atoms with van der Waals surface area (Å²) in [6.07, 6.45) is 4.65. The van der Waals surface area contributed by atoms with Crippen molar-refractivity contribution in [2.45, 2.75) is 46.1 Å². The van der Waals surface area contributed by atoms with E-state index in [4.69, 9.17) is 4.74 Å². The second-order valence-electron chi connectivity index (χ2n) is 6.68. The molecule has 1 aliphatic heterocycles. The van der Waals surface area contributed by atoms with E-state index in [-0.39, 0.29) is 17.9 Å². The van der Waals surface area contributed by atoms with Gasteiger partial charge in [0, 0.05) is 25.3 Å². The summed E-state index contributed by atoms with van der Waals surface area (Å²) in [5.74, 6) is 1.10. The highest BCUT2D eigenvalue weighted by atomic mass is 16.5. The lowest BCUT2D eigenvalue weighted by Gasteiger charge is -2.29. The van der Waals surface area contributed by atoms with Gasteiger partial charge in [-0.25, -0.2) is 0 Å². The smallest absolute Gasteiger partial charge is 0.223 e. The number of carbonyl (C=O) groups is 1. The molecular formula is C18H28N2O2. The maximum Gasteiger partial charge on any atom is 0.223 e. The van der Waals surface area contributed by atoms with E-state index in [0.29, 0.717) is 11.8 Å². The van der Waals surface area contributed by atoms with Crippen LogP contribution in [0.5, 0.6) is 0 Å². The molecule has 0 radical (unpaired) electrons. The second kappa shape index (κ2) is 8.28. The number of hydrogen-bond acceptors (Lipinski definition) is 3. The number of carbonyl (C=O) groups excluding carboxylic acids is 1. The van der Waals surface area contributed by atoms with Crippen molar-refractivity contribution in [3.05, 3.63) is 30.1 Å². The fourth-order valence-corrected chi connectivity index (χ4v) is 3.04. The molecule has 1 N–H and O–H groups in total. The average molecular weight is 304 g/mol. The summed E-state index contributed by atoms with van der Waals surface area (Å²) in [6, 6.07) is 5.87. The van der Waals surface area contributed by atoms with Gasteiger partial charge in [-0.1, -0.05) is 26.8 Å². The second-order valence-corrected chi connectivity index (χ2v) is 6.68. The molecule has 0 aliphatic carbocycles. The lowest BCUT2D eigenvalue weighted by molar-refractivity contribution is -0.128. The van der Waals surface area contributed by atoms with Gasteiger partial charge in [0.05, 0.1) is 11.7 Å². The van der Waals surface area contributed by atoms with Gasteiger partial charge in [-0.3, -0.25) is 9.78 Å². The van der Waals surface area contributed by atoms with Crippen molar-refractivity contribution < 1.29 is 9.53 Å². The molecule has 2 heterocycles. The van der Waals surface area contributed by atoms with Crippen molar-refractivity contribution in [1.82, 2.24) is 10.3 Å². The van der Waals surface area contributed by atoms with Crippen LogP contribution in [-0.4, -0.2) is 24.1 Å². The first-order valence-corrected chi connectivity index (χ1v) is 8.37. The molecule has 122 valence electrons. The van der Waals surface area contributed by atoms with Crippen molar-refractivity contribution >= 4 is 5.91 Å². The summed E-state index contributed by atoms with van der Waals surface area (Å²) >= 11 is 0. The molecule has 1 saturated heterocycles. The predicted octanol–water partition coefficient (Wildman–Crippen LogP) is 3.35. The minimum Gasteiger partial charge on any atom is -0.381 e. The highest BCUT2D eigenvalue weighted by Crippen LogP contribution is 2.26. The standard InChI is InChI=1S/C18H28N2O2/c1-13(2)12-17(16-6-4-5-9-19-16)20-18(21)14(3)15-7-10-22-11-8-15/h4-6,9,13-15,17H,7-8,10-12H2,1-3H3,(H,20,21). The Kier molecular flexibility index (Phi) is 6.37. The number of nitrogens with one attached hydrogen (secondary N) is 1. The molecule has 1 aromatic heterocycles. The van der Waals surface area contributed by atoms with Crippen LogP contribution in [0.3, 0.4) is 0 Å². The van der Waals surface area contributed by atoms with Gasteiger partial charge in [0.25, 0.3) is 0 Å². The minimum atomic E-state index is -0.00371. The van der Waals surface area contributed by atoms with E-state index in [1.165, 1.54) is 0 Å². The Bertz CT molecular complexity index is 455. The summed E-state index contributed by atoms with van der Waals surface area (Å²) in [6.45, 7) is 7.93. The molecule has 1 aliphatic rings. The van der Waals surface area contributed by atoms with Crippen LogP contribution in [0, 0.1) is 17.8 Å². The van der Waals surface area contributed by atoms with Gasteiger partial charge in [0.2, 0.25) is 5.91 Å². The quantitative estimate of drug-likeness (QED) is 0.877. The van der Waals surface area contributed by atoms with Crippen molar-refractivity contribution in [1.29, 1.82) is 0 Å². The molecule has 4 heteroatoms. The Balaban J connectivity index is 2.01. The third-order valence-electron chi connectivity index (χ3n) is 4.46. The van der Waals surface area contributed by atoms with Crippen LogP contribution < -0.4 is 5.32 Å². The number of hydrogen-bond donors (Lipinski definition) is 1. The van der Waals surface area contributed by atoms with Crippen molar-refractivity contribution in [2.75, 3.05) is 13.2 Å². The highest BCUT2D eigenvalue weighted by molar-refractivity contribution is 5.79. The molecule has 0 spiro atoms. The molecule has 0 aromatic carbocycles. The van der Waals surface area contributed by atoms with E-state index in [0.717, 1.165) is 38.2 Å². The summed E-state index contributed by atoms with van der Waals surface area (Å²) in [4.78, 5) is 17.1. The van der Waals surface area contributed by atoms with Gasteiger partial charge in [-0.05, 0) is 43.2 Å². The Morgan fingerprint density at radius 1 is 1.32 bits per heavy atom. The number of rotatable bonds is 6. The van der Waals surface area contributed by atoms with Gasteiger partial charge in [-0.2, -0.15) is 0 Å². The Morgan fingerprint density at radius 3 is 2.64 bits per heavy atom. The molecule has 2 rings (SSSR count). The SMILES string of the molecule is CC(C)CC(NC(=O)C(C)C1CCOCC1)c1ccccn1. The zero-order valence-electron chi connectivity index (χ0n) is 13.9. The monoisotopic (exact) mass is 304 g/mol. The van der Waals surface area contributed by atoms with Crippen LogP contribution >= 0.6 is 0 Å². The molecule has 2 atom stereocenters. The third-order valence-corrected chi connectivity index (χ3v) is 4.46. The molecule has 0 saturated carbocycles. The number of nitrogens with zero attached hydrogens (tertiary/aromatic N) is 1. The average Bonchev–Trinajstić information content (AvgIpc) is 2.54. The van der Waals surface area contributed by atoms with Crippen LogP contribution in [0.2, 0.25) is 0 Å². The fourth-order valence-electron chi connectivity index (χ4n) is 3.04. The van der Waals surface area contributed by atoms with E-state index >= 15 is 0 Å². The molecule has 2 unspecified atom stereocenters. The normalized spacial score (nSPS) is 18.9. The maximum absolute atomic E-state index is 12.6. The van der Waals surface area contributed by atoms with E-state index in [9.17, 15) is 4.79 Å². The van der Waals surface area contributed by atoms with Crippen molar-refractivity contribution in [3.8, 4) is 0 Å². The van der Waals surface area contributed by atoms with Gasteiger partial charge in [0.1, 0.15) is 0 Å². The number of ether oxygens (including phenoxy) is 1. The first kappa shape index (κ1) is 16.9. The number of aromatic nitrogens is 1. The summed E-state index contributed by atoms with van der Waals surface area (Å²) in [5, 5.41) is 3.22. The predicted molar refractivity (Wildman–Crippen MR) is 87.3 cm³/mol. The Hall–Kier alpha value is -1.42. The lowest BCUT2D eigenvalue weighted by Crippen LogP contribution is -2.38. The Morgan fingerprint density at radius 2 is 2.05 bits per heavy atom. The first-order valence-electron chi connectivity index (χ1n) is 8.37. The Labute approximate surface area is 133 Å². The molecular weight excluding hydrogens is 276 g/mol. The maximum atomic E-state index is 12.6. The highest BCUT2D eigenvalue weighted by Gasteiger charge is 2.28. The lowest BCUT2D eigenvalue weighted by atomic mass is 9.86. The minimum absolute atomic E-state index is 0.00371.